The highest BCUT2D eigenvalue weighted by molar-refractivity contribution is 7.85. The van der Waals surface area contributed by atoms with Crippen LogP contribution < -0.4 is 10.1 Å². The minimum atomic E-state index is -0.457. The first-order valence-corrected chi connectivity index (χ1v) is 10.2. The number of nitrogens with one attached hydrogen (secondary N) is 2. The lowest BCUT2D eigenvalue weighted by atomic mass is 10.2. The zero-order valence-corrected chi connectivity index (χ0v) is 18.8. The molecule has 0 aromatic carbocycles. The summed E-state index contributed by atoms with van der Waals surface area (Å²) in [5.41, 5.74) is 1.55. The van der Waals surface area contributed by atoms with Crippen molar-refractivity contribution in [1.82, 2.24) is 24.6 Å². The van der Waals surface area contributed by atoms with E-state index < -0.39 is 5.91 Å². The van der Waals surface area contributed by atoms with Crippen LogP contribution in [0.4, 0.5) is 5.82 Å². The number of hydrogen-bond donors (Lipinski definition) is 5. The molecule has 0 aliphatic heterocycles. The van der Waals surface area contributed by atoms with E-state index in [2.05, 4.69) is 63.3 Å². The van der Waals surface area contributed by atoms with Gasteiger partial charge in [0, 0.05) is 11.1 Å². The highest BCUT2D eigenvalue weighted by atomic mass is 32.1. The van der Waals surface area contributed by atoms with Crippen molar-refractivity contribution in [2.75, 3.05) is 5.32 Å². The van der Waals surface area contributed by atoms with Gasteiger partial charge in [0.15, 0.2) is 5.65 Å². The van der Waals surface area contributed by atoms with Gasteiger partial charge in [0.1, 0.15) is 28.3 Å². The number of nitrogens with zero attached hydrogens (tertiary/aromatic N) is 4. The van der Waals surface area contributed by atoms with Crippen molar-refractivity contribution in [2.24, 2.45) is 0 Å². The maximum absolute atomic E-state index is 13.1. The Labute approximate surface area is 192 Å². The molecule has 0 saturated carbocycles. The topological polar surface area (TPSA) is 97.2 Å². The fourth-order valence-electron chi connectivity index (χ4n) is 2.69. The molecule has 4 aromatic heterocycles. The average Bonchev–Trinajstić information content (AvgIpc) is 3.18. The molecule has 4 aromatic rings. The summed E-state index contributed by atoms with van der Waals surface area (Å²) in [6.45, 7) is 1.91. The number of anilines is 1. The van der Waals surface area contributed by atoms with Crippen LogP contribution >= 0.6 is 50.1 Å². The van der Waals surface area contributed by atoms with Gasteiger partial charge < -0.3 is 15.0 Å². The third-order valence-corrected chi connectivity index (χ3v) is 6.21. The lowest BCUT2D eigenvalue weighted by molar-refractivity contribution is 0.102. The van der Waals surface area contributed by atoms with E-state index in [0.717, 1.165) is 5.56 Å². The molecule has 4 heterocycles. The minimum absolute atomic E-state index is 0.244. The zero-order valence-electron chi connectivity index (χ0n) is 15.3. The molecule has 0 aliphatic carbocycles. The van der Waals surface area contributed by atoms with E-state index in [4.69, 9.17) is 17.0 Å². The van der Waals surface area contributed by atoms with Crippen LogP contribution in [0.15, 0.2) is 51.7 Å². The summed E-state index contributed by atoms with van der Waals surface area (Å²) in [6.07, 6.45) is 6.28. The third kappa shape index (κ3) is 4.03. The molecule has 2 N–H and O–H groups in total. The first-order chi connectivity index (χ1) is 14.3. The molecule has 0 atom stereocenters. The van der Waals surface area contributed by atoms with Gasteiger partial charge in [-0.15, -0.1) is 37.9 Å². The summed E-state index contributed by atoms with van der Waals surface area (Å²) in [7, 11) is 0. The fourth-order valence-corrected chi connectivity index (χ4v) is 3.67. The van der Waals surface area contributed by atoms with E-state index in [1.54, 1.807) is 24.7 Å². The summed E-state index contributed by atoms with van der Waals surface area (Å²) in [5.74, 6) is 0.765. The smallest absolute Gasteiger partial charge is 0.260 e. The predicted molar refractivity (Wildman–Crippen MR) is 123 cm³/mol. The van der Waals surface area contributed by atoms with Crippen molar-refractivity contribution in [2.45, 2.75) is 21.6 Å². The van der Waals surface area contributed by atoms with Gasteiger partial charge in [0.2, 0.25) is 0 Å². The first-order valence-electron chi connectivity index (χ1n) is 8.45. The van der Waals surface area contributed by atoms with Crippen LogP contribution in [0.3, 0.4) is 0 Å². The van der Waals surface area contributed by atoms with Crippen molar-refractivity contribution in [1.29, 1.82) is 0 Å². The molecule has 8 nitrogen and oxygen atoms in total. The number of aromatic amines is 1. The molecular formula is C18H14N6O2S4. The maximum atomic E-state index is 13.1. The predicted octanol–water partition coefficient (Wildman–Crippen LogP) is 4.40. The molecule has 12 heteroatoms. The molecule has 4 rings (SSSR count). The molecule has 0 spiro atoms. The molecular weight excluding hydrogens is 461 g/mol. The number of pyridine rings is 3. The molecule has 1 amide bonds. The van der Waals surface area contributed by atoms with Crippen LogP contribution in [0, 0.1) is 11.6 Å². The Kier molecular flexibility index (Phi) is 5.73. The van der Waals surface area contributed by atoms with Crippen LogP contribution in [0.1, 0.15) is 15.9 Å². The standard InChI is InChI=1S/C18H14N6O2S4/c1-8-2-9(5-19-4-8)26-10-3-11(16-20-7-21-24(16)6-10)17(25)22-15-13(28)12(27)14(29)18(30)23-15/h2-7,28-29H,1H3,(H3,22,23,25,27,30). The molecule has 0 aliphatic rings. The summed E-state index contributed by atoms with van der Waals surface area (Å²) in [6, 6.07) is 3.40. The molecule has 0 bridgehead atoms. The summed E-state index contributed by atoms with van der Waals surface area (Å²) < 4.78 is 7.65. The van der Waals surface area contributed by atoms with Gasteiger partial charge in [-0.05, 0) is 24.6 Å². The van der Waals surface area contributed by atoms with Crippen molar-refractivity contribution in [3.63, 3.8) is 0 Å². The van der Waals surface area contributed by atoms with E-state index in [-0.39, 0.29) is 5.56 Å². The number of fused-ring (bicyclic) bond motifs is 1. The summed E-state index contributed by atoms with van der Waals surface area (Å²) in [5, 5.41) is 6.86. The molecule has 30 heavy (non-hydrogen) atoms. The van der Waals surface area contributed by atoms with Crippen molar-refractivity contribution < 1.29 is 9.53 Å². The second-order valence-corrected chi connectivity index (χ2v) is 8.00. The van der Waals surface area contributed by atoms with Gasteiger partial charge in [-0.25, -0.2) is 9.50 Å². The Balaban J connectivity index is 1.72. The Morgan fingerprint density at radius 1 is 1.17 bits per heavy atom. The number of ether oxygens (including phenoxy) is 1. The third-order valence-electron chi connectivity index (χ3n) is 4.06. The van der Waals surface area contributed by atoms with Gasteiger partial charge >= 0.3 is 0 Å². The van der Waals surface area contributed by atoms with Gasteiger partial charge in [0.25, 0.3) is 5.91 Å². The van der Waals surface area contributed by atoms with Gasteiger partial charge in [0.05, 0.1) is 27.7 Å². The van der Waals surface area contributed by atoms with E-state index in [9.17, 15) is 4.79 Å². The minimum Gasteiger partial charge on any atom is -0.454 e. The second-order valence-electron chi connectivity index (χ2n) is 6.25. The SMILES string of the molecule is Cc1cncc(Oc2cc(C(=O)Nc3[nH]c(=S)c(S)c(S)c3S)c3ncnn3c2)c1. The van der Waals surface area contributed by atoms with Gasteiger partial charge in [-0.3, -0.25) is 9.78 Å². The summed E-state index contributed by atoms with van der Waals surface area (Å²) >= 11 is 18.2. The largest absolute Gasteiger partial charge is 0.454 e. The number of carbonyl (C=O) groups excluding carboxylic acids is 1. The van der Waals surface area contributed by atoms with Crippen LogP contribution in [0.2, 0.25) is 0 Å². The average molecular weight is 475 g/mol. The number of H-pyrrole nitrogens is 1. The monoisotopic (exact) mass is 474 g/mol. The molecule has 152 valence electrons. The van der Waals surface area contributed by atoms with Crippen molar-refractivity contribution >= 4 is 67.5 Å². The van der Waals surface area contributed by atoms with E-state index >= 15 is 0 Å². The Morgan fingerprint density at radius 3 is 2.73 bits per heavy atom. The highest BCUT2D eigenvalue weighted by Crippen LogP contribution is 2.32. The van der Waals surface area contributed by atoms with Gasteiger partial charge in [-0.2, -0.15) is 5.10 Å². The lowest BCUT2D eigenvalue weighted by Crippen LogP contribution is -2.15. The van der Waals surface area contributed by atoms with Crippen molar-refractivity contribution in [3.05, 3.63) is 52.8 Å². The maximum Gasteiger partial charge on any atom is 0.260 e. The quantitative estimate of drug-likeness (QED) is 0.222. The van der Waals surface area contributed by atoms with E-state index in [0.29, 0.717) is 42.3 Å². The number of aryl methyl sites for hydroxylation is 1. The summed E-state index contributed by atoms with van der Waals surface area (Å²) in [4.78, 5) is 25.5. The second kappa shape index (κ2) is 8.30. The highest BCUT2D eigenvalue weighted by Gasteiger charge is 2.18. The van der Waals surface area contributed by atoms with Crippen LogP contribution in [0.5, 0.6) is 11.5 Å². The van der Waals surface area contributed by atoms with Crippen LogP contribution in [-0.4, -0.2) is 30.5 Å². The number of aromatic nitrogens is 5. The Bertz CT molecular complexity index is 1350. The molecule has 0 fully saturated rings. The fraction of sp³-hybridized carbons (Fsp3) is 0.0556. The number of rotatable bonds is 4. The molecule has 0 radical (unpaired) electrons. The number of thiol groups is 3. The lowest BCUT2D eigenvalue weighted by Gasteiger charge is -2.13. The van der Waals surface area contributed by atoms with E-state index in [1.807, 2.05) is 13.0 Å². The molecule has 0 saturated heterocycles. The number of hydrogen-bond acceptors (Lipinski definition) is 9. The normalized spacial score (nSPS) is 10.9. The van der Waals surface area contributed by atoms with Crippen LogP contribution in [0.25, 0.3) is 5.65 Å². The van der Waals surface area contributed by atoms with Crippen LogP contribution in [-0.2, 0) is 0 Å². The van der Waals surface area contributed by atoms with Crippen molar-refractivity contribution in [3.8, 4) is 11.5 Å². The first kappa shape index (κ1) is 20.7. The Hall–Kier alpha value is -2.54. The van der Waals surface area contributed by atoms with E-state index in [1.165, 1.54) is 10.8 Å². The van der Waals surface area contributed by atoms with Gasteiger partial charge in [-0.1, -0.05) is 12.2 Å². The number of carbonyl (C=O) groups is 1. The number of amides is 1. The molecule has 0 unspecified atom stereocenters. The Morgan fingerprint density at radius 2 is 1.97 bits per heavy atom. The zero-order chi connectivity index (χ0) is 21.4.